The average Bonchev–Trinajstić information content (AvgIpc) is 2.29. The fourth-order valence-electron chi connectivity index (χ4n) is 1.37. The molecule has 0 atom stereocenters. The number of anilines is 2. The fourth-order valence-corrected chi connectivity index (χ4v) is 1.37. The largest absolute Gasteiger partial charge is 0.378 e. The number of hydrogen-bond acceptors (Lipinski definition) is 3. The van der Waals surface area contributed by atoms with Crippen LogP contribution in [0.5, 0.6) is 0 Å². The normalized spacial score (nSPS) is 10.1. The number of carbonyl (C=O) groups excluding carboxylic acids is 1. The summed E-state index contributed by atoms with van der Waals surface area (Å²) in [6, 6.07) is 7.70. The van der Waals surface area contributed by atoms with Crippen molar-refractivity contribution in [2.45, 2.75) is 13.3 Å². The van der Waals surface area contributed by atoms with E-state index in [1.165, 1.54) is 0 Å². The van der Waals surface area contributed by atoms with Crippen molar-refractivity contribution in [1.82, 2.24) is 0 Å². The quantitative estimate of drug-likeness (QED) is 0.769. The zero-order valence-electron chi connectivity index (χ0n) is 10.7. The summed E-state index contributed by atoms with van der Waals surface area (Å²) in [6.45, 7) is 2.74. The van der Waals surface area contributed by atoms with Gasteiger partial charge in [-0.25, -0.2) is 0 Å². The molecular weight excluding hydrogens is 216 g/mol. The van der Waals surface area contributed by atoms with Crippen LogP contribution >= 0.6 is 0 Å². The first-order valence-electron chi connectivity index (χ1n) is 5.78. The highest BCUT2D eigenvalue weighted by Crippen LogP contribution is 2.16. The first-order valence-corrected chi connectivity index (χ1v) is 5.78. The van der Waals surface area contributed by atoms with Gasteiger partial charge >= 0.3 is 0 Å². The molecule has 0 saturated heterocycles. The van der Waals surface area contributed by atoms with Gasteiger partial charge < -0.3 is 15.0 Å². The Hall–Kier alpha value is -1.55. The Morgan fingerprint density at radius 3 is 2.82 bits per heavy atom. The summed E-state index contributed by atoms with van der Waals surface area (Å²) in [4.78, 5) is 13.5. The van der Waals surface area contributed by atoms with Gasteiger partial charge in [0, 0.05) is 32.1 Å². The molecule has 0 aromatic heterocycles. The molecular formula is C13H20N2O2. The molecule has 0 saturated carbocycles. The first-order chi connectivity index (χ1) is 8.13. The SMILES string of the molecule is CCCOCC(=O)Nc1cccc(N(C)C)c1. The molecule has 1 aromatic carbocycles. The number of benzene rings is 1. The minimum Gasteiger partial charge on any atom is -0.378 e. The van der Waals surface area contributed by atoms with Crippen LogP contribution in [0, 0.1) is 0 Å². The van der Waals surface area contributed by atoms with E-state index in [1.807, 2.05) is 50.2 Å². The molecule has 1 amide bonds. The average molecular weight is 236 g/mol. The second-order valence-corrected chi connectivity index (χ2v) is 4.05. The topological polar surface area (TPSA) is 41.6 Å². The third-order valence-corrected chi connectivity index (χ3v) is 2.23. The van der Waals surface area contributed by atoms with Gasteiger partial charge in [0.05, 0.1) is 0 Å². The highest BCUT2D eigenvalue weighted by atomic mass is 16.5. The second-order valence-electron chi connectivity index (χ2n) is 4.05. The maximum atomic E-state index is 11.5. The summed E-state index contributed by atoms with van der Waals surface area (Å²) in [6.07, 6.45) is 0.920. The van der Waals surface area contributed by atoms with Gasteiger partial charge in [0.15, 0.2) is 0 Å². The van der Waals surface area contributed by atoms with E-state index in [2.05, 4.69) is 5.32 Å². The predicted octanol–water partition coefficient (Wildman–Crippen LogP) is 2.12. The molecule has 0 fully saturated rings. The molecule has 0 heterocycles. The lowest BCUT2D eigenvalue weighted by atomic mass is 10.2. The maximum absolute atomic E-state index is 11.5. The summed E-state index contributed by atoms with van der Waals surface area (Å²) in [5, 5.41) is 2.81. The molecule has 0 unspecified atom stereocenters. The Labute approximate surface area is 103 Å². The Bertz CT molecular complexity index is 364. The van der Waals surface area contributed by atoms with E-state index in [1.54, 1.807) is 0 Å². The minimum atomic E-state index is -0.116. The Kier molecular flexibility index (Phi) is 5.49. The summed E-state index contributed by atoms with van der Waals surface area (Å²) in [7, 11) is 3.93. The van der Waals surface area contributed by atoms with Gasteiger partial charge in [-0.2, -0.15) is 0 Å². The lowest BCUT2D eigenvalue weighted by Crippen LogP contribution is -2.18. The van der Waals surface area contributed by atoms with E-state index < -0.39 is 0 Å². The molecule has 4 nitrogen and oxygen atoms in total. The second kappa shape index (κ2) is 6.91. The molecule has 94 valence electrons. The zero-order chi connectivity index (χ0) is 12.7. The molecule has 0 aliphatic carbocycles. The molecule has 1 rings (SSSR count). The highest BCUT2D eigenvalue weighted by Gasteiger charge is 2.03. The van der Waals surface area contributed by atoms with E-state index in [9.17, 15) is 4.79 Å². The monoisotopic (exact) mass is 236 g/mol. The molecule has 4 heteroatoms. The zero-order valence-corrected chi connectivity index (χ0v) is 10.7. The number of amides is 1. The van der Waals surface area contributed by atoms with Crippen molar-refractivity contribution >= 4 is 17.3 Å². The molecule has 1 N–H and O–H groups in total. The molecule has 0 radical (unpaired) electrons. The lowest BCUT2D eigenvalue weighted by molar-refractivity contribution is -0.120. The number of ether oxygens (including phenoxy) is 1. The number of rotatable bonds is 6. The number of nitrogens with one attached hydrogen (secondary N) is 1. The molecule has 0 aliphatic rings. The predicted molar refractivity (Wildman–Crippen MR) is 70.5 cm³/mol. The van der Waals surface area contributed by atoms with Crippen molar-refractivity contribution in [1.29, 1.82) is 0 Å². The van der Waals surface area contributed by atoms with E-state index in [4.69, 9.17) is 4.74 Å². The van der Waals surface area contributed by atoms with Gasteiger partial charge in [-0.05, 0) is 24.6 Å². The standard InChI is InChI=1S/C13H20N2O2/c1-4-8-17-10-13(16)14-11-6-5-7-12(9-11)15(2)3/h5-7,9H,4,8,10H2,1-3H3,(H,14,16). The van der Waals surface area contributed by atoms with Crippen molar-refractivity contribution in [3.8, 4) is 0 Å². The molecule has 1 aromatic rings. The highest BCUT2D eigenvalue weighted by molar-refractivity contribution is 5.92. The van der Waals surface area contributed by atoms with Crippen LogP contribution in [-0.2, 0) is 9.53 Å². The third-order valence-electron chi connectivity index (χ3n) is 2.23. The Morgan fingerprint density at radius 1 is 1.41 bits per heavy atom. The van der Waals surface area contributed by atoms with Crippen molar-refractivity contribution in [3.05, 3.63) is 24.3 Å². The van der Waals surface area contributed by atoms with E-state index in [0.717, 1.165) is 17.8 Å². The van der Waals surface area contributed by atoms with Gasteiger partial charge in [0.2, 0.25) is 5.91 Å². The Morgan fingerprint density at radius 2 is 2.18 bits per heavy atom. The maximum Gasteiger partial charge on any atom is 0.250 e. The van der Waals surface area contributed by atoms with Gasteiger partial charge in [0.25, 0.3) is 0 Å². The first kappa shape index (κ1) is 13.5. The van der Waals surface area contributed by atoms with Crippen LogP contribution in [0.15, 0.2) is 24.3 Å². The molecule has 0 spiro atoms. The van der Waals surface area contributed by atoms with Crippen molar-refractivity contribution < 1.29 is 9.53 Å². The lowest BCUT2D eigenvalue weighted by Gasteiger charge is -2.14. The summed E-state index contributed by atoms with van der Waals surface area (Å²) >= 11 is 0. The molecule has 0 aliphatic heterocycles. The van der Waals surface area contributed by atoms with E-state index in [0.29, 0.717) is 6.61 Å². The van der Waals surface area contributed by atoms with Crippen LogP contribution in [0.25, 0.3) is 0 Å². The van der Waals surface area contributed by atoms with Crippen LogP contribution in [-0.4, -0.2) is 33.2 Å². The number of hydrogen-bond donors (Lipinski definition) is 1. The summed E-state index contributed by atoms with van der Waals surface area (Å²) < 4.78 is 5.17. The van der Waals surface area contributed by atoms with Crippen LogP contribution in [0.4, 0.5) is 11.4 Å². The summed E-state index contributed by atoms with van der Waals surface area (Å²) in [5.74, 6) is -0.116. The molecule has 17 heavy (non-hydrogen) atoms. The van der Waals surface area contributed by atoms with Crippen LogP contribution in [0.1, 0.15) is 13.3 Å². The van der Waals surface area contributed by atoms with Gasteiger partial charge in [-0.3, -0.25) is 4.79 Å². The van der Waals surface area contributed by atoms with Gasteiger partial charge in [-0.1, -0.05) is 13.0 Å². The summed E-state index contributed by atoms with van der Waals surface area (Å²) in [5.41, 5.74) is 1.85. The number of nitrogens with zero attached hydrogens (tertiary/aromatic N) is 1. The Balaban J connectivity index is 2.50. The van der Waals surface area contributed by atoms with E-state index >= 15 is 0 Å². The van der Waals surface area contributed by atoms with Crippen molar-refractivity contribution in [3.63, 3.8) is 0 Å². The smallest absolute Gasteiger partial charge is 0.250 e. The van der Waals surface area contributed by atoms with Gasteiger partial charge in [0.1, 0.15) is 6.61 Å². The third kappa shape index (κ3) is 4.87. The fraction of sp³-hybridized carbons (Fsp3) is 0.462. The van der Waals surface area contributed by atoms with E-state index in [-0.39, 0.29) is 12.5 Å². The molecule has 0 bridgehead atoms. The number of carbonyl (C=O) groups is 1. The van der Waals surface area contributed by atoms with Crippen molar-refractivity contribution in [2.24, 2.45) is 0 Å². The van der Waals surface area contributed by atoms with Crippen molar-refractivity contribution in [2.75, 3.05) is 37.5 Å². The van der Waals surface area contributed by atoms with Crippen LogP contribution < -0.4 is 10.2 Å². The van der Waals surface area contributed by atoms with Crippen LogP contribution in [0.2, 0.25) is 0 Å². The van der Waals surface area contributed by atoms with Gasteiger partial charge in [-0.15, -0.1) is 0 Å². The minimum absolute atomic E-state index is 0.111. The van der Waals surface area contributed by atoms with Crippen LogP contribution in [0.3, 0.4) is 0 Å².